The highest BCUT2D eigenvalue weighted by molar-refractivity contribution is 7.90. The highest BCUT2D eigenvalue weighted by atomic mass is 32.2. The Hall–Kier alpha value is -0.130. The molecule has 1 heterocycles. The van der Waals surface area contributed by atoms with Crippen molar-refractivity contribution >= 4 is 9.84 Å². The van der Waals surface area contributed by atoms with E-state index in [0.717, 1.165) is 19.5 Å². The van der Waals surface area contributed by atoms with Gasteiger partial charge in [-0.05, 0) is 52.6 Å². The Labute approximate surface area is 105 Å². The maximum atomic E-state index is 11.1. The van der Waals surface area contributed by atoms with Gasteiger partial charge in [-0.3, -0.25) is 4.90 Å². The largest absolute Gasteiger partial charge is 0.326 e. The number of nitrogens with zero attached hydrogens (tertiary/aromatic N) is 1. The van der Waals surface area contributed by atoms with Crippen LogP contribution in [0.15, 0.2) is 0 Å². The number of sulfone groups is 1. The molecule has 0 aromatic rings. The van der Waals surface area contributed by atoms with Gasteiger partial charge in [-0.1, -0.05) is 0 Å². The molecule has 0 spiro atoms. The fourth-order valence-electron chi connectivity index (χ4n) is 2.45. The first-order valence-corrected chi connectivity index (χ1v) is 8.48. The molecule has 2 N–H and O–H groups in total. The predicted molar refractivity (Wildman–Crippen MR) is 71.8 cm³/mol. The molecule has 102 valence electrons. The summed E-state index contributed by atoms with van der Waals surface area (Å²) in [6.07, 6.45) is 5.22. The van der Waals surface area contributed by atoms with E-state index in [0.29, 0.717) is 6.42 Å². The Kier molecular flexibility index (Phi) is 4.98. The summed E-state index contributed by atoms with van der Waals surface area (Å²) < 4.78 is 22.1. The van der Waals surface area contributed by atoms with Gasteiger partial charge >= 0.3 is 0 Å². The molecule has 0 bridgehead atoms. The molecule has 1 aliphatic rings. The number of hydrogen-bond donors (Lipinski definition) is 1. The van der Waals surface area contributed by atoms with Gasteiger partial charge < -0.3 is 5.73 Å². The van der Waals surface area contributed by atoms with Crippen LogP contribution in [0.5, 0.6) is 0 Å². The average molecular weight is 262 g/mol. The van der Waals surface area contributed by atoms with E-state index in [1.54, 1.807) is 0 Å². The van der Waals surface area contributed by atoms with Crippen LogP contribution < -0.4 is 5.73 Å². The fourth-order valence-corrected chi connectivity index (χ4v) is 3.14. The van der Waals surface area contributed by atoms with Gasteiger partial charge in [0.1, 0.15) is 9.84 Å². The molecular weight excluding hydrogens is 236 g/mol. The third kappa shape index (κ3) is 4.56. The molecule has 0 aromatic heterocycles. The van der Waals surface area contributed by atoms with E-state index < -0.39 is 9.84 Å². The Morgan fingerprint density at radius 3 is 2.29 bits per heavy atom. The van der Waals surface area contributed by atoms with Crippen molar-refractivity contribution in [2.24, 2.45) is 5.73 Å². The van der Waals surface area contributed by atoms with Crippen LogP contribution >= 0.6 is 0 Å². The van der Waals surface area contributed by atoms with Gasteiger partial charge in [-0.2, -0.15) is 0 Å². The van der Waals surface area contributed by atoms with Gasteiger partial charge in [0, 0.05) is 23.6 Å². The number of hydrogen-bond acceptors (Lipinski definition) is 4. The van der Waals surface area contributed by atoms with E-state index in [2.05, 4.69) is 18.7 Å². The molecule has 0 aliphatic carbocycles. The van der Waals surface area contributed by atoms with E-state index in [-0.39, 0.29) is 17.3 Å². The topological polar surface area (TPSA) is 63.4 Å². The minimum atomic E-state index is -2.85. The van der Waals surface area contributed by atoms with Gasteiger partial charge in [0.2, 0.25) is 0 Å². The third-order valence-corrected chi connectivity index (χ3v) is 4.89. The fraction of sp³-hybridized carbons (Fsp3) is 1.00. The van der Waals surface area contributed by atoms with Crippen molar-refractivity contribution in [3.63, 3.8) is 0 Å². The van der Waals surface area contributed by atoms with Crippen LogP contribution in [0.2, 0.25) is 0 Å². The van der Waals surface area contributed by atoms with Gasteiger partial charge in [0.05, 0.1) is 0 Å². The summed E-state index contributed by atoms with van der Waals surface area (Å²) in [4.78, 5) is 2.43. The van der Waals surface area contributed by atoms with Crippen molar-refractivity contribution in [2.45, 2.75) is 51.1 Å². The standard InChI is InChI=1S/C12H26N2O2S/c1-12(2,14-8-4-5-9-14)11(13)7-6-10-17(3,15)16/h11H,4-10,13H2,1-3H3. The first-order valence-electron chi connectivity index (χ1n) is 6.42. The van der Waals surface area contributed by atoms with E-state index in [9.17, 15) is 8.42 Å². The molecule has 1 saturated heterocycles. The lowest BCUT2D eigenvalue weighted by atomic mass is 9.90. The lowest BCUT2D eigenvalue weighted by molar-refractivity contribution is 0.119. The summed E-state index contributed by atoms with van der Waals surface area (Å²) >= 11 is 0. The molecule has 1 rings (SSSR count). The van der Waals surface area contributed by atoms with Crippen molar-refractivity contribution < 1.29 is 8.42 Å². The van der Waals surface area contributed by atoms with E-state index in [1.165, 1.54) is 19.1 Å². The molecule has 1 fully saturated rings. The van der Waals surface area contributed by atoms with Crippen LogP contribution in [0, 0.1) is 0 Å². The second kappa shape index (κ2) is 5.67. The molecule has 0 radical (unpaired) electrons. The van der Waals surface area contributed by atoms with Crippen molar-refractivity contribution in [2.75, 3.05) is 25.1 Å². The van der Waals surface area contributed by atoms with E-state index in [1.807, 2.05) is 0 Å². The van der Waals surface area contributed by atoms with Crippen LogP contribution in [0.4, 0.5) is 0 Å². The van der Waals surface area contributed by atoms with Crippen LogP contribution in [0.25, 0.3) is 0 Å². The van der Waals surface area contributed by atoms with Gasteiger partial charge in [0.15, 0.2) is 0 Å². The molecule has 5 heteroatoms. The summed E-state index contributed by atoms with van der Waals surface area (Å²) in [5.41, 5.74) is 6.20. The Balaban J connectivity index is 2.42. The Bertz CT molecular complexity index is 332. The van der Waals surface area contributed by atoms with Crippen molar-refractivity contribution in [3.05, 3.63) is 0 Å². The molecular formula is C12H26N2O2S. The monoisotopic (exact) mass is 262 g/mol. The summed E-state index contributed by atoms with van der Waals surface area (Å²) in [5.74, 6) is 0.247. The van der Waals surface area contributed by atoms with Gasteiger partial charge in [-0.25, -0.2) is 8.42 Å². The molecule has 1 unspecified atom stereocenters. The summed E-state index contributed by atoms with van der Waals surface area (Å²) in [6, 6.07) is 0.0438. The van der Waals surface area contributed by atoms with Gasteiger partial charge in [0.25, 0.3) is 0 Å². The summed E-state index contributed by atoms with van der Waals surface area (Å²) in [6.45, 7) is 6.58. The zero-order valence-electron chi connectivity index (χ0n) is 11.3. The highest BCUT2D eigenvalue weighted by Crippen LogP contribution is 2.25. The Morgan fingerprint density at radius 1 is 1.29 bits per heavy atom. The van der Waals surface area contributed by atoms with Crippen LogP contribution in [-0.4, -0.2) is 50.0 Å². The summed E-state index contributed by atoms with van der Waals surface area (Å²) in [5, 5.41) is 0. The Morgan fingerprint density at radius 2 is 1.82 bits per heavy atom. The molecule has 1 aliphatic heterocycles. The molecule has 17 heavy (non-hydrogen) atoms. The lowest BCUT2D eigenvalue weighted by Gasteiger charge is -2.40. The number of likely N-dealkylation sites (tertiary alicyclic amines) is 1. The zero-order chi connectivity index (χ0) is 13.1. The third-order valence-electron chi connectivity index (χ3n) is 3.86. The highest BCUT2D eigenvalue weighted by Gasteiger charge is 2.34. The van der Waals surface area contributed by atoms with Crippen LogP contribution in [0.1, 0.15) is 39.5 Å². The van der Waals surface area contributed by atoms with E-state index >= 15 is 0 Å². The zero-order valence-corrected chi connectivity index (χ0v) is 12.1. The number of rotatable bonds is 6. The smallest absolute Gasteiger partial charge is 0.147 e. The lowest BCUT2D eigenvalue weighted by Crippen LogP contribution is -2.55. The minimum absolute atomic E-state index is 0.0198. The molecule has 0 saturated carbocycles. The maximum absolute atomic E-state index is 11.1. The van der Waals surface area contributed by atoms with E-state index in [4.69, 9.17) is 5.73 Å². The second-order valence-corrected chi connectivity index (χ2v) is 7.99. The minimum Gasteiger partial charge on any atom is -0.326 e. The number of nitrogens with two attached hydrogens (primary N) is 1. The van der Waals surface area contributed by atoms with Crippen LogP contribution in [-0.2, 0) is 9.84 Å². The summed E-state index contributed by atoms with van der Waals surface area (Å²) in [7, 11) is -2.85. The normalized spacial score (nSPS) is 20.7. The molecule has 0 amide bonds. The average Bonchev–Trinajstić information content (AvgIpc) is 2.68. The molecule has 1 atom stereocenters. The van der Waals surface area contributed by atoms with Crippen LogP contribution in [0.3, 0.4) is 0 Å². The van der Waals surface area contributed by atoms with Gasteiger partial charge in [-0.15, -0.1) is 0 Å². The SMILES string of the molecule is CC(C)(C(N)CCCS(C)(=O)=O)N1CCCC1. The second-order valence-electron chi connectivity index (χ2n) is 5.73. The van der Waals surface area contributed by atoms with Crippen molar-refractivity contribution in [3.8, 4) is 0 Å². The molecule has 0 aromatic carbocycles. The predicted octanol–water partition coefficient (Wildman–Crippen LogP) is 1.01. The van der Waals surface area contributed by atoms with Crippen molar-refractivity contribution in [1.29, 1.82) is 0 Å². The maximum Gasteiger partial charge on any atom is 0.147 e. The first kappa shape index (κ1) is 14.9. The first-order chi connectivity index (χ1) is 7.73. The molecule has 4 nitrogen and oxygen atoms in total. The van der Waals surface area contributed by atoms with Crippen molar-refractivity contribution in [1.82, 2.24) is 4.90 Å². The quantitative estimate of drug-likeness (QED) is 0.776.